The first-order chi connectivity index (χ1) is 17.0. The van der Waals surface area contributed by atoms with Gasteiger partial charge >= 0.3 is 0 Å². The molecule has 0 radical (unpaired) electrons. The molecule has 8 nitrogen and oxygen atoms in total. The largest absolute Gasteiger partial charge is 0.370 e. The SMILES string of the molecule is NC(=O)Cc1c[nH]c2ccccc12.O=[N+]([O-])c1ccc(N2CCCC(NC3CCCCC3)C2)cc1. The number of rotatable bonds is 6. The van der Waals surface area contributed by atoms with Crippen LogP contribution in [0.15, 0.2) is 54.7 Å². The van der Waals surface area contributed by atoms with E-state index in [1.165, 1.54) is 44.9 Å². The zero-order valence-electron chi connectivity index (χ0n) is 20.1. The summed E-state index contributed by atoms with van der Waals surface area (Å²) in [5.41, 5.74) is 8.39. The number of hydrogen-bond acceptors (Lipinski definition) is 5. The van der Waals surface area contributed by atoms with Crippen LogP contribution in [0.4, 0.5) is 11.4 Å². The molecule has 1 aliphatic carbocycles. The second-order valence-corrected chi connectivity index (χ2v) is 9.56. The van der Waals surface area contributed by atoms with Crippen LogP contribution in [-0.4, -0.2) is 41.0 Å². The number of nitrogens with zero attached hydrogens (tertiary/aromatic N) is 2. The third-order valence-electron chi connectivity index (χ3n) is 6.96. The molecule has 1 atom stereocenters. The van der Waals surface area contributed by atoms with Crippen molar-refractivity contribution in [2.75, 3.05) is 18.0 Å². The second-order valence-electron chi connectivity index (χ2n) is 9.56. The number of piperidine rings is 1. The van der Waals surface area contributed by atoms with Crippen molar-refractivity contribution in [2.45, 2.75) is 63.5 Å². The molecular weight excluding hydrogens is 442 g/mol. The summed E-state index contributed by atoms with van der Waals surface area (Å²) < 4.78 is 0. The molecule has 2 fully saturated rings. The zero-order chi connectivity index (χ0) is 24.6. The number of non-ortho nitro benzene ring substituents is 1. The number of primary amides is 1. The van der Waals surface area contributed by atoms with Crippen molar-refractivity contribution in [2.24, 2.45) is 5.73 Å². The van der Waals surface area contributed by atoms with Crippen molar-refractivity contribution in [3.05, 3.63) is 70.4 Å². The van der Waals surface area contributed by atoms with Crippen LogP contribution in [-0.2, 0) is 11.2 Å². The number of H-pyrrole nitrogens is 1. The van der Waals surface area contributed by atoms with Gasteiger partial charge in [0.25, 0.3) is 5.69 Å². The number of para-hydroxylation sites is 1. The predicted molar refractivity (Wildman–Crippen MR) is 140 cm³/mol. The number of nitrogens with one attached hydrogen (secondary N) is 2. The van der Waals surface area contributed by atoms with E-state index in [0.29, 0.717) is 18.5 Å². The molecule has 2 aliphatic rings. The highest BCUT2D eigenvalue weighted by molar-refractivity contribution is 5.88. The number of nitrogens with two attached hydrogens (primary N) is 1. The van der Waals surface area contributed by atoms with Crippen LogP contribution in [0, 0.1) is 10.1 Å². The van der Waals surface area contributed by atoms with Gasteiger partial charge in [-0.05, 0) is 49.4 Å². The highest BCUT2D eigenvalue weighted by Crippen LogP contribution is 2.24. The maximum Gasteiger partial charge on any atom is 0.269 e. The Hall–Kier alpha value is -3.39. The minimum Gasteiger partial charge on any atom is -0.370 e. The van der Waals surface area contributed by atoms with Crippen molar-refractivity contribution in [3.63, 3.8) is 0 Å². The molecule has 4 N–H and O–H groups in total. The molecule has 0 bridgehead atoms. The molecule has 2 aromatic carbocycles. The van der Waals surface area contributed by atoms with E-state index in [0.717, 1.165) is 35.2 Å². The normalized spacial score (nSPS) is 18.6. The molecule has 1 unspecified atom stereocenters. The number of aromatic nitrogens is 1. The van der Waals surface area contributed by atoms with Crippen LogP contribution in [0.5, 0.6) is 0 Å². The van der Waals surface area contributed by atoms with Crippen molar-refractivity contribution < 1.29 is 9.72 Å². The van der Waals surface area contributed by atoms with Gasteiger partial charge in [-0.2, -0.15) is 0 Å². The van der Waals surface area contributed by atoms with Gasteiger partial charge in [0.15, 0.2) is 0 Å². The Balaban J connectivity index is 0.000000189. The summed E-state index contributed by atoms with van der Waals surface area (Å²) in [5, 5.41) is 15.7. The standard InChI is InChI=1S/C17H25N3O2.C10H10N2O/c21-20(22)17-10-8-16(9-11-17)19-12-4-7-15(13-19)18-14-5-2-1-3-6-14;11-10(13)5-7-6-12-9-4-2-1-3-8(7)9/h8-11,14-15,18H,1-7,12-13H2;1-4,6,12H,5H2,(H2,11,13). The third kappa shape index (κ3) is 6.82. The zero-order valence-corrected chi connectivity index (χ0v) is 20.1. The second kappa shape index (κ2) is 11.8. The third-order valence-corrected chi connectivity index (χ3v) is 6.96. The van der Waals surface area contributed by atoms with Crippen LogP contribution >= 0.6 is 0 Å². The summed E-state index contributed by atoms with van der Waals surface area (Å²) in [6.45, 7) is 2.05. The fourth-order valence-corrected chi connectivity index (χ4v) is 5.20. The molecule has 35 heavy (non-hydrogen) atoms. The van der Waals surface area contributed by atoms with E-state index in [1.807, 2.05) is 42.6 Å². The van der Waals surface area contributed by atoms with Gasteiger partial charge in [-0.25, -0.2) is 0 Å². The number of hydrogen-bond donors (Lipinski definition) is 3. The molecule has 1 saturated heterocycles. The number of benzene rings is 2. The lowest BCUT2D eigenvalue weighted by Crippen LogP contribution is -2.49. The average Bonchev–Trinajstić information content (AvgIpc) is 3.27. The number of amides is 1. The number of fused-ring (bicyclic) bond motifs is 1. The maximum atomic E-state index is 10.7. The Morgan fingerprint density at radius 1 is 1.03 bits per heavy atom. The number of anilines is 1. The fourth-order valence-electron chi connectivity index (χ4n) is 5.20. The number of aromatic amines is 1. The summed E-state index contributed by atoms with van der Waals surface area (Å²) in [5.74, 6) is -0.301. The van der Waals surface area contributed by atoms with Crippen molar-refractivity contribution in [1.29, 1.82) is 0 Å². The van der Waals surface area contributed by atoms with Gasteiger partial charge in [0.2, 0.25) is 5.91 Å². The lowest BCUT2D eigenvalue weighted by Gasteiger charge is -2.37. The Morgan fingerprint density at radius 3 is 2.46 bits per heavy atom. The lowest BCUT2D eigenvalue weighted by molar-refractivity contribution is -0.384. The number of nitro benzene ring substituents is 1. The fraction of sp³-hybridized carbons (Fsp3) is 0.444. The van der Waals surface area contributed by atoms with Crippen LogP contribution in [0.1, 0.15) is 50.5 Å². The molecule has 1 aliphatic heterocycles. The molecule has 3 aromatic rings. The number of carbonyl (C=O) groups excluding carboxylic acids is 1. The van der Waals surface area contributed by atoms with Crippen molar-refractivity contribution >= 4 is 28.2 Å². The number of nitro groups is 1. The van der Waals surface area contributed by atoms with Gasteiger partial charge in [0.05, 0.1) is 11.3 Å². The van der Waals surface area contributed by atoms with E-state index in [1.54, 1.807) is 12.1 Å². The average molecular weight is 478 g/mol. The molecular formula is C27H35N5O3. The first kappa shape index (κ1) is 24.7. The summed E-state index contributed by atoms with van der Waals surface area (Å²) in [6.07, 6.45) is 11.3. The van der Waals surface area contributed by atoms with Crippen LogP contribution in [0.2, 0.25) is 0 Å². The van der Waals surface area contributed by atoms with E-state index in [9.17, 15) is 14.9 Å². The van der Waals surface area contributed by atoms with E-state index in [4.69, 9.17) is 5.73 Å². The van der Waals surface area contributed by atoms with Crippen molar-refractivity contribution in [3.8, 4) is 0 Å². The smallest absolute Gasteiger partial charge is 0.269 e. The van der Waals surface area contributed by atoms with E-state index >= 15 is 0 Å². The predicted octanol–water partition coefficient (Wildman–Crippen LogP) is 4.68. The maximum absolute atomic E-state index is 10.7. The van der Waals surface area contributed by atoms with Gasteiger partial charge in [0.1, 0.15) is 0 Å². The quantitative estimate of drug-likeness (QED) is 0.352. The van der Waals surface area contributed by atoms with Gasteiger partial charge in [-0.1, -0.05) is 37.5 Å². The first-order valence-corrected chi connectivity index (χ1v) is 12.6. The van der Waals surface area contributed by atoms with Crippen LogP contribution in [0.25, 0.3) is 10.9 Å². The minimum atomic E-state index is -0.340. The molecule has 1 aromatic heterocycles. The van der Waals surface area contributed by atoms with E-state index in [-0.39, 0.29) is 16.5 Å². The molecule has 5 rings (SSSR count). The number of carbonyl (C=O) groups is 1. The summed E-state index contributed by atoms with van der Waals surface area (Å²) in [7, 11) is 0. The van der Waals surface area contributed by atoms with Gasteiger partial charge in [0, 0.05) is 60.1 Å². The molecule has 186 valence electrons. The van der Waals surface area contributed by atoms with E-state index in [2.05, 4.69) is 15.2 Å². The summed E-state index contributed by atoms with van der Waals surface area (Å²) >= 11 is 0. The van der Waals surface area contributed by atoms with Crippen LogP contribution < -0.4 is 16.0 Å². The molecule has 2 heterocycles. The first-order valence-electron chi connectivity index (χ1n) is 12.6. The monoisotopic (exact) mass is 477 g/mol. The topological polar surface area (TPSA) is 117 Å². The Kier molecular flexibility index (Phi) is 8.36. The Bertz CT molecular complexity index is 1120. The summed E-state index contributed by atoms with van der Waals surface area (Å²) in [6, 6.07) is 16.0. The lowest BCUT2D eigenvalue weighted by atomic mass is 9.93. The molecule has 1 saturated carbocycles. The van der Waals surface area contributed by atoms with Gasteiger partial charge < -0.3 is 20.9 Å². The molecule has 1 amide bonds. The summed E-state index contributed by atoms with van der Waals surface area (Å²) in [4.78, 5) is 26.6. The molecule has 0 spiro atoms. The van der Waals surface area contributed by atoms with Crippen molar-refractivity contribution in [1.82, 2.24) is 10.3 Å². The van der Waals surface area contributed by atoms with Gasteiger partial charge in [-0.15, -0.1) is 0 Å². The highest BCUT2D eigenvalue weighted by Gasteiger charge is 2.23. The minimum absolute atomic E-state index is 0.164. The Labute approximate surface area is 206 Å². The van der Waals surface area contributed by atoms with E-state index < -0.39 is 0 Å². The van der Waals surface area contributed by atoms with Gasteiger partial charge in [-0.3, -0.25) is 14.9 Å². The Morgan fingerprint density at radius 2 is 1.74 bits per heavy atom. The highest BCUT2D eigenvalue weighted by atomic mass is 16.6. The molecule has 8 heteroatoms. The van der Waals surface area contributed by atoms with Crippen LogP contribution in [0.3, 0.4) is 0 Å².